The van der Waals surface area contributed by atoms with Crippen molar-refractivity contribution >= 4 is 33.4 Å². The lowest BCUT2D eigenvalue weighted by atomic mass is 10.1. The first-order valence-electron chi connectivity index (χ1n) is 8.82. The summed E-state index contributed by atoms with van der Waals surface area (Å²) in [5, 5.41) is 12.6. The molecular formula is C20H15BrN4O3S. The largest absolute Gasteiger partial charge is 0.454 e. The van der Waals surface area contributed by atoms with Gasteiger partial charge < -0.3 is 19.5 Å². The van der Waals surface area contributed by atoms with Crippen molar-refractivity contribution in [3.05, 3.63) is 59.1 Å². The zero-order chi connectivity index (χ0) is 19.8. The van der Waals surface area contributed by atoms with E-state index in [0.717, 1.165) is 27.0 Å². The van der Waals surface area contributed by atoms with E-state index in [4.69, 9.17) is 14.2 Å². The van der Waals surface area contributed by atoms with E-state index in [0.29, 0.717) is 28.2 Å². The minimum atomic E-state index is -0.486. The average Bonchev–Trinajstić information content (AvgIpc) is 3.14. The molecule has 7 nitrogen and oxygen atoms in total. The van der Waals surface area contributed by atoms with Crippen LogP contribution in [0.1, 0.15) is 11.8 Å². The fraction of sp³-hybridized carbons (Fsp3) is 0.150. The molecule has 2 aliphatic rings. The Morgan fingerprint density at radius 1 is 1.17 bits per heavy atom. The van der Waals surface area contributed by atoms with Gasteiger partial charge in [0.1, 0.15) is 0 Å². The highest BCUT2D eigenvalue weighted by Crippen LogP contribution is 2.42. The third-order valence-corrected chi connectivity index (χ3v) is 5.74. The Labute approximate surface area is 179 Å². The Bertz CT molecular complexity index is 1110. The molecule has 0 fully saturated rings. The summed E-state index contributed by atoms with van der Waals surface area (Å²) in [6.07, 6.45) is 1.31. The fourth-order valence-electron chi connectivity index (χ4n) is 3.09. The van der Waals surface area contributed by atoms with Crippen molar-refractivity contribution in [2.45, 2.75) is 11.4 Å². The lowest BCUT2D eigenvalue weighted by molar-refractivity contribution is 0.173. The zero-order valence-corrected chi connectivity index (χ0v) is 17.5. The minimum absolute atomic E-state index is 0.221. The molecular weight excluding hydrogens is 456 g/mol. The van der Waals surface area contributed by atoms with Crippen molar-refractivity contribution in [2.75, 3.05) is 17.9 Å². The van der Waals surface area contributed by atoms with Gasteiger partial charge >= 0.3 is 0 Å². The van der Waals surface area contributed by atoms with Crippen molar-refractivity contribution in [2.24, 2.45) is 0 Å². The van der Waals surface area contributed by atoms with Crippen LogP contribution in [0.5, 0.6) is 17.4 Å². The summed E-state index contributed by atoms with van der Waals surface area (Å²) in [5.41, 5.74) is 3.20. The lowest BCUT2D eigenvalue weighted by Gasteiger charge is -2.19. The monoisotopic (exact) mass is 470 g/mol. The van der Waals surface area contributed by atoms with Gasteiger partial charge in [-0.2, -0.15) is 4.98 Å². The molecule has 2 aliphatic heterocycles. The molecule has 1 aromatic heterocycles. The van der Waals surface area contributed by atoms with Crippen molar-refractivity contribution in [1.82, 2.24) is 15.2 Å². The maximum absolute atomic E-state index is 6.27. The van der Waals surface area contributed by atoms with Crippen LogP contribution in [-0.2, 0) is 0 Å². The van der Waals surface area contributed by atoms with Crippen LogP contribution in [0, 0.1) is 0 Å². The molecule has 0 aliphatic carbocycles. The van der Waals surface area contributed by atoms with Gasteiger partial charge in [0.25, 0.3) is 0 Å². The van der Waals surface area contributed by atoms with Crippen LogP contribution in [0.3, 0.4) is 0 Å². The van der Waals surface area contributed by atoms with Crippen LogP contribution in [-0.4, -0.2) is 27.7 Å². The van der Waals surface area contributed by atoms with Crippen LogP contribution in [0.15, 0.2) is 58.7 Å². The van der Waals surface area contributed by atoms with E-state index >= 15 is 0 Å². The second-order valence-electron chi connectivity index (χ2n) is 6.29. The normalized spacial score (nSPS) is 16.1. The number of halogens is 1. The molecule has 3 heterocycles. The summed E-state index contributed by atoms with van der Waals surface area (Å²) in [6, 6.07) is 11.6. The van der Waals surface area contributed by atoms with Crippen LogP contribution < -0.4 is 19.5 Å². The van der Waals surface area contributed by atoms with Gasteiger partial charge in [-0.25, -0.2) is 0 Å². The van der Waals surface area contributed by atoms with Crippen molar-refractivity contribution in [1.29, 1.82) is 0 Å². The fourth-order valence-corrected chi connectivity index (χ4v) is 3.97. The molecule has 0 bridgehead atoms. The van der Waals surface area contributed by atoms with E-state index in [9.17, 15) is 0 Å². The number of aromatic nitrogens is 3. The number of anilines is 1. The summed E-state index contributed by atoms with van der Waals surface area (Å²) < 4.78 is 18.1. The molecule has 3 aromatic rings. The average molecular weight is 471 g/mol. The maximum atomic E-state index is 6.27. The van der Waals surface area contributed by atoms with Gasteiger partial charge in [-0.15, -0.1) is 16.8 Å². The maximum Gasteiger partial charge on any atom is 0.247 e. The third-order valence-electron chi connectivity index (χ3n) is 4.42. The predicted molar refractivity (Wildman–Crippen MR) is 113 cm³/mol. The van der Waals surface area contributed by atoms with Crippen LogP contribution in [0.4, 0.5) is 5.69 Å². The lowest BCUT2D eigenvalue weighted by Crippen LogP contribution is -2.17. The van der Waals surface area contributed by atoms with Crippen LogP contribution >= 0.6 is 27.7 Å². The van der Waals surface area contributed by atoms with Gasteiger partial charge in [-0.05, 0) is 36.4 Å². The highest BCUT2D eigenvalue weighted by molar-refractivity contribution is 9.10. The van der Waals surface area contributed by atoms with E-state index in [1.54, 1.807) is 6.08 Å². The first-order valence-corrected chi connectivity index (χ1v) is 10.6. The van der Waals surface area contributed by atoms with Gasteiger partial charge in [0, 0.05) is 27.0 Å². The van der Waals surface area contributed by atoms with Gasteiger partial charge in [-0.3, -0.25) is 0 Å². The molecule has 29 heavy (non-hydrogen) atoms. The van der Waals surface area contributed by atoms with E-state index in [1.807, 2.05) is 36.4 Å². The first-order chi connectivity index (χ1) is 14.2. The Hall–Kier alpha value is -2.78. The Morgan fingerprint density at radius 3 is 2.97 bits per heavy atom. The number of fused-ring (bicyclic) bond motifs is 4. The molecule has 1 atom stereocenters. The van der Waals surface area contributed by atoms with Gasteiger partial charge in [-0.1, -0.05) is 33.8 Å². The molecule has 0 saturated heterocycles. The number of nitrogens with zero attached hydrogens (tertiary/aromatic N) is 3. The van der Waals surface area contributed by atoms with E-state index in [-0.39, 0.29) is 6.79 Å². The standard InChI is InChI=1S/C20H15BrN4O3S/c1-2-7-29-20-23-19-17(24-25-20)13-9-12(21)4-5-14(13)22-18(28-19)11-3-6-15-16(8-11)27-10-26-15/h2-6,8-9,18,22H,1,7,10H2. The molecule has 0 saturated carbocycles. The number of rotatable bonds is 4. The topological polar surface area (TPSA) is 78.4 Å². The van der Waals surface area contributed by atoms with Crippen LogP contribution in [0.25, 0.3) is 11.3 Å². The van der Waals surface area contributed by atoms with E-state index in [1.165, 1.54) is 11.8 Å². The number of nitrogens with one attached hydrogen (secondary N) is 1. The van der Waals surface area contributed by atoms with E-state index in [2.05, 4.69) is 43.0 Å². The number of benzene rings is 2. The second-order valence-corrected chi connectivity index (χ2v) is 8.20. The summed E-state index contributed by atoms with van der Waals surface area (Å²) in [7, 11) is 0. The number of hydrogen-bond acceptors (Lipinski definition) is 8. The predicted octanol–water partition coefficient (Wildman–Crippen LogP) is 4.81. The SMILES string of the molecule is C=CCSc1nnc2c(n1)OC(c1ccc3c(c1)OCO3)Nc1ccc(Br)cc1-2. The minimum Gasteiger partial charge on any atom is -0.454 e. The second kappa shape index (κ2) is 7.57. The highest BCUT2D eigenvalue weighted by Gasteiger charge is 2.27. The molecule has 0 radical (unpaired) electrons. The molecule has 5 rings (SSSR count). The Balaban J connectivity index is 1.60. The van der Waals surface area contributed by atoms with Crippen molar-refractivity contribution in [3.63, 3.8) is 0 Å². The highest BCUT2D eigenvalue weighted by atomic mass is 79.9. The third kappa shape index (κ3) is 3.51. The van der Waals surface area contributed by atoms with Gasteiger partial charge in [0.2, 0.25) is 17.8 Å². The van der Waals surface area contributed by atoms with Crippen molar-refractivity contribution in [3.8, 4) is 28.6 Å². The zero-order valence-electron chi connectivity index (χ0n) is 15.1. The molecule has 146 valence electrons. The molecule has 0 spiro atoms. The van der Waals surface area contributed by atoms with Crippen LogP contribution in [0.2, 0.25) is 0 Å². The smallest absolute Gasteiger partial charge is 0.247 e. The molecule has 1 N–H and O–H groups in total. The van der Waals surface area contributed by atoms with Crippen molar-refractivity contribution < 1.29 is 14.2 Å². The Morgan fingerprint density at radius 2 is 2.07 bits per heavy atom. The molecule has 1 unspecified atom stereocenters. The van der Waals surface area contributed by atoms with E-state index < -0.39 is 6.23 Å². The van der Waals surface area contributed by atoms with Gasteiger partial charge in [0.05, 0.1) is 0 Å². The Kier molecular flexibility index (Phi) is 4.76. The number of hydrogen-bond donors (Lipinski definition) is 1. The van der Waals surface area contributed by atoms with Gasteiger partial charge in [0.15, 0.2) is 23.4 Å². The quantitative estimate of drug-likeness (QED) is 0.429. The number of thioether (sulfide) groups is 1. The summed E-state index contributed by atoms with van der Waals surface area (Å²) in [4.78, 5) is 4.60. The summed E-state index contributed by atoms with van der Waals surface area (Å²) >= 11 is 4.98. The molecule has 0 amide bonds. The number of ether oxygens (including phenoxy) is 3. The summed E-state index contributed by atoms with van der Waals surface area (Å²) in [6.45, 7) is 3.95. The first kappa shape index (κ1) is 18.3. The summed E-state index contributed by atoms with van der Waals surface area (Å²) in [5.74, 6) is 2.51. The molecule has 9 heteroatoms. The molecule has 2 aromatic carbocycles.